The number of anilines is 1. The van der Waals surface area contributed by atoms with Gasteiger partial charge in [0.15, 0.2) is 0 Å². The first-order valence-electron chi connectivity index (χ1n) is 6.12. The molecule has 0 amide bonds. The summed E-state index contributed by atoms with van der Waals surface area (Å²) in [5.41, 5.74) is 7.63. The molecule has 0 saturated carbocycles. The first-order valence-corrected chi connectivity index (χ1v) is 6.12. The lowest BCUT2D eigenvalue weighted by atomic mass is 10.1. The molecule has 2 heterocycles. The first-order chi connectivity index (χ1) is 8.78. The van der Waals surface area contributed by atoms with E-state index in [0.29, 0.717) is 5.95 Å². The number of hydrogen-bond acceptors (Lipinski definition) is 5. The van der Waals surface area contributed by atoms with Crippen LogP contribution in [0.15, 0.2) is 18.2 Å². The molecule has 1 saturated heterocycles. The van der Waals surface area contributed by atoms with Crippen LogP contribution in [-0.4, -0.2) is 23.6 Å². The fourth-order valence-electron chi connectivity index (χ4n) is 2.46. The molecule has 3 rings (SSSR count). The SMILES string of the molecule is COc1ccc2c(C3CCCN3)nc(N)nc2c1. The Balaban J connectivity index is 2.17. The lowest BCUT2D eigenvalue weighted by molar-refractivity contribution is 0.415. The molecule has 0 bridgehead atoms. The van der Waals surface area contributed by atoms with Crippen LogP contribution >= 0.6 is 0 Å². The number of nitrogens with two attached hydrogens (primary N) is 1. The maximum Gasteiger partial charge on any atom is 0.220 e. The van der Waals surface area contributed by atoms with Crippen molar-refractivity contribution < 1.29 is 4.74 Å². The number of nitrogens with zero attached hydrogens (tertiary/aromatic N) is 2. The van der Waals surface area contributed by atoms with Crippen LogP contribution in [0.25, 0.3) is 10.9 Å². The van der Waals surface area contributed by atoms with Gasteiger partial charge in [-0.05, 0) is 31.5 Å². The molecule has 1 aromatic carbocycles. The van der Waals surface area contributed by atoms with Crippen LogP contribution in [0.3, 0.4) is 0 Å². The van der Waals surface area contributed by atoms with E-state index in [1.165, 1.54) is 6.42 Å². The molecule has 1 unspecified atom stereocenters. The minimum atomic E-state index is 0.284. The molecule has 0 spiro atoms. The van der Waals surface area contributed by atoms with Gasteiger partial charge in [0.05, 0.1) is 24.4 Å². The van der Waals surface area contributed by atoms with Crippen molar-refractivity contribution in [1.29, 1.82) is 0 Å². The second kappa shape index (κ2) is 4.42. The summed E-state index contributed by atoms with van der Waals surface area (Å²) in [6, 6.07) is 6.11. The van der Waals surface area contributed by atoms with Gasteiger partial charge in [-0.1, -0.05) is 0 Å². The minimum absolute atomic E-state index is 0.284. The summed E-state index contributed by atoms with van der Waals surface area (Å²) in [7, 11) is 1.64. The normalized spacial score (nSPS) is 19.3. The largest absolute Gasteiger partial charge is 0.497 e. The van der Waals surface area contributed by atoms with Gasteiger partial charge in [-0.2, -0.15) is 0 Å². The molecule has 5 nitrogen and oxygen atoms in total. The van der Waals surface area contributed by atoms with Crippen molar-refractivity contribution >= 4 is 16.9 Å². The van der Waals surface area contributed by atoms with Crippen LogP contribution < -0.4 is 15.8 Å². The van der Waals surface area contributed by atoms with Gasteiger partial charge in [0.25, 0.3) is 0 Å². The third-order valence-corrected chi connectivity index (χ3v) is 3.34. The fraction of sp³-hybridized carbons (Fsp3) is 0.385. The van der Waals surface area contributed by atoms with Crippen LogP contribution in [0.5, 0.6) is 5.75 Å². The maximum atomic E-state index is 5.79. The van der Waals surface area contributed by atoms with Crippen molar-refractivity contribution in [3.05, 3.63) is 23.9 Å². The third-order valence-electron chi connectivity index (χ3n) is 3.34. The summed E-state index contributed by atoms with van der Waals surface area (Å²) in [6.45, 7) is 1.03. The molecular weight excluding hydrogens is 228 g/mol. The monoisotopic (exact) mass is 244 g/mol. The number of benzene rings is 1. The predicted octanol–water partition coefficient (Wildman–Crippen LogP) is 1.65. The van der Waals surface area contributed by atoms with E-state index in [4.69, 9.17) is 10.5 Å². The van der Waals surface area contributed by atoms with Gasteiger partial charge >= 0.3 is 0 Å². The highest BCUT2D eigenvalue weighted by Crippen LogP contribution is 2.29. The molecule has 2 aromatic rings. The standard InChI is InChI=1S/C13H16N4O/c1-18-8-4-5-9-11(7-8)16-13(14)17-12(9)10-3-2-6-15-10/h4-5,7,10,15H,2-3,6H2,1H3,(H2,14,16,17). The molecule has 1 fully saturated rings. The molecule has 1 aromatic heterocycles. The lowest BCUT2D eigenvalue weighted by Crippen LogP contribution is -2.16. The third kappa shape index (κ3) is 1.86. The Morgan fingerprint density at radius 3 is 3.00 bits per heavy atom. The van der Waals surface area contributed by atoms with Crippen molar-refractivity contribution in [1.82, 2.24) is 15.3 Å². The molecule has 0 radical (unpaired) electrons. The van der Waals surface area contributed by atoms with Crippen LogP contribution in [-0.2, 0) is 0 Å². The Morgan fingerprint density at radius 1 is 1.39 bits per heavy atom. The predicted molar refractivity (Wildman–Crippen MR) is 70.5 cm³/mol. The number of rotatable bonds is 2. The van der Waals surface area contributed by atoms with E-state index >= 15 is 0 Å². The zero-order valence-electron chi connectivity index (χ0n) is 10.3. The highest BCUT2D eigenvalue weighted by Gasteiger charge is 2.21. The summed E-state index contributed by atoms with van der Waals surface area (Å²) in [5.74, 6) is 1.10. The van der Waals surface area contributed by atoms with E-state index in [0.717, 1.165) is 35.3 Å². The number of ether oxygens (including phenoxy) is 1. The molecule has 1 aliphatic rings. The van der Waals surface area contributed by atoms with Gasteiger partial charge in [0, 0.05) is 11.5 Å². The highest BCUT2D eigenvalue weighted by atomic mass is 16.5. The Labute approximate surface area is 105 Å². The summed E-state index contributed by atoms with van der Waals surface area (Å²) >= 11 is 0. The van der Waals surface area contributed by atoms with Crippen molar-refractivity contribution in [2.45, 2.75) is 18.9 Å². The molecule has 1 aliphatic heterocycles. The summed E-state index contributed by atoms with van der Waals surface area (Å²) in [5, 5.41) is 4.49. The van der Waals surface area contributed by atoms with Crippen LogP contribution in [0.2, 0.25) is 0 Å². The zero-order valence-corrected chi connectivity index (χ0v) is 10.3. The van der Waals surface area contributed by atoms with E-state index in [2.05, 4.69) is 15.3 Å². The van der Waals surface area contributed by atoms with Crippen LogP contribution in [0.1, 0.15) is 24.6 Å². The number of nitrogens with one attached hydrogen (secondary N) is 1. The Kier molecular flexibility index (Phi) is 2.76. The highest BCUT2D eigenvalue weighted by molar-refractivity contribution is 5.83. The first kappa shape index (κ1) is 11.2. The van der Waals surface area contributed by atoms with Gasteiger partial charge in [0.1, 0.15) is 5.75 Å². The average Bonchev–Trinajstić information content (AvgIpc) is 2.90. The van der Waals surface area contributed by atoms with E-state index in [-0.39, 0.29) is 6.04 Å². The molecular formula is C13H16N4O. The lowest BCUT2D eigenvalue weighted by Gasteiger charge is -2.13. The second-order valence-electron chi connectivity index (χ2n) is 4.50. The fourth-order valence-corrected chi connectivity index (χ4v) is 2.46. The van der Waals surface area contributed by atoms with Crippen molar-refractivity contribution in [2.24, 2.45) is 0 Å². The summed E-state index contributed by atoms with van der Waals surface area (Å²) in [4.78, 5) is 8.68. The molecule has 18 heavy (non-hydrogen) atoms. The van der Waals surface area contributed by atoms with Crippen molar-refractivity contribution in [3.63, 3.8) is 0 Å². The summed E-state index contributed by atoms with van der Waals surface area (Å²) < 4.78 is 5.21. The average molecular weight is 244 g/mol. The number of aromatic nitrogens is 2. The molecule has 94 valence electrons. The smallest absolute Gasteiger partial charge is 0.220 e. The Morgan fingerprint density at radius 2 is 2.28 bits per heavy atom. The molecule has 3 N–H and O–H groups in total. The molecule has 5 heteroatoms. The summed E-state index contributed by atoms with van der Waals surface area (Å²) in [6.07, 6.45) is 2.27. The maximum absolute atomic E-state index is 5.79. The van der Waals surface area contributed by atoms with Crippen molar-refractivity contribution in [2.75, 3.05) is 19.4 Å². The van der Waals surface area contributed by atoms with E-state index in [9.17, 15) is 0 Å². The van der Waals surface area contributed by atoms with Gasteiger partial charge in [-0.3, -0.25) is 0 Å². The number of nitrogen functional groups attached to an aromatic ring is 1. The van der Waals surface area contributed by atoms with Crippen molar-refractivity contribution in [3.8, 4) is 5.75 Å². The molecule has 0 aliphatic carbocycles. The zero-order chi connectivity index (χ0) is 12.5. The van der Waals surface area contributed by atoms with Crippen LogP contribution in [0, 0.1) is 0 Å². The number of hydrogen-bond donors (Lipinski definition) is 2. The Bertz CT molecular complexity index is 578. The topological polar surface area (TPSA) is 73.1 Å². The number of methoxy groups -OCH3 is 1. The van der Waals surface area contributed by atoms with Gasteiger partial charge in [-0.25, -0.2) is 9.97 Å². The van der Waals surface area contributed by atoms with Gasteiger partial charge in [-0.15, -0.1) is 0 Å². The minimum Gasteiger partial charge on any atom is -0.497 e. The van der Waals surface area contributed by atoms with Crippen LogP contribution in [0.4, 0.5) is 5.95 Å². The van der Waals surface area contributed by atoms with E-state index < -0.39 is 0 Å². The van der Waals surface area contributed by atoms with Gasteiger partial charge < -0.3 is 15.8 Å². The molecule has 1 atom stereocenters. The van der Waals surface area contributed by atoms with E-state index in [1.54, 1.807) is 7.11 Å². The number of fused-ring (bicyclic) bond motifs is 1. The second-order valence-corrected chi connectivity index (χ2v) is 4.50. The van der Waals surface area contributed by atoms with Gasteiger partial charge in [0.2, 0.25) is 5.95 Å². The quantitative estimate of drug-likeness (QED) is 0.840. The van der Waals surface area contributed by atoms with E-state index in [1.807, 2.05) is 18.2 Å². The Hall–Kier alpha value is -1.88.